The van der Waals surface area contributed by atoms with Crippen molar-refractivity contribution in [1.82, 2.24) is 9.88 Å². The molecule has 46 heavy (non-hydrogen) atoms. The molecule has 1 unspecified atom stereocenters. The number of aldehydes is 1. The van der Waals surface area contributed by atoms with E-state index in [2.05, 4.69) is 4.98 Å². The fourth-order valence-corrected chi connectivity index (χ4v) is 4.71. The van der Waals surface area contributed by atoms with Crippen molar-refractivity contribution in [3.63, 3.8) is 0 Å². The molecule has 1 aromatic heterocycles. The van der Waals surface area contributed by atoms with Gasteiger partial charge in [-0.3, -0.25) is 9.69 Å². The largest absolute Gasteiger partial charge is 0.478 e. The number of aryl methyl sites for hydroxylation is 1. The molecule has 0 amide bonds. The Hall–Kier alpha value is -4.85. The maximum atomic E-state index is 14.3. The van der Waals surface area contributed by atoms with E-state index >= 15 is 0 Å². The van der Waals surface area contributed by atoms with Crippen LogP contribution >= 0.6 is 0 Å². The van der Waals surface area contributed by atoms with Crippen molar-refractivity contribution in [3.05, 3.63) is 107 Å². The number of nitrogens with zero attached hydrogens (tertiary/aromatic N) is 3. The van der Waals surface area contributed by atoms with Crippen LogP contribution in [0.2, 0.25) is 0 Å². The van der Waals surface area contributed by atoms with Crippen LogP contribution in [-0.4, -0.2) is 39.0 Å². The standard InChI is InChI=1S/C32H29F6N3O5/c1-20-27(45-19-39-20)17-40(16-21-12-14-22(15-13-21)46-30(2,3)29(43)44)28(18-42)41(25-10-6-4-8-23(25)31(33,34)35)26-11-7-5-9-24(26)32(36,37)38/h4-15,18-19,28H,16-17H2,1-3H3,(H,43,44). The number of halogens is 6. The van der Waals surface area contributed by atoms with E-state index in [4.69, 9.17) is 9.15 Å². The molecular formula is C32H29F6N3O5. The van der Waals surface area contributed by atoms with Gasteiger partial charge in [-0.1, -0.05) is 36.4 Å². The van der Waals surface area contributed by atoms with Crippen LogP contribution in [0.1, 0.15) is 42.0 Å². The smallest absolute Gasteiger partial charge is 0.418 e. The van der Waals surface area contributed by atoms with E-state index in [1.54, 1.807) is 6.92 Å². The van der Waals surface area contributed by atoms with E-state index in [1.165, 1.54) is 55.1 Å². The minimum Gasteiger partial charge on any atom is -0.478 e. The number of carbonyl (C=O) groups excluding carboxylic acids is 1. The third-order valence-corrected chi connectivity index (χ3v) is 7.09. The number of aromatic nitrogens is 1. The molecule has 0 aliphatic heterocycles. The average molecular weight is 650 g/mol. The lowest BCUT2D eigenvalue weighted by molar-refractivity contribution is -0.152. The number of rotatable bonds is 12. The summed E-state index contributed by atoms with van der Waals surface area (Å²) in [5.74, 6) is -0.791. The van der Waals surface area contributed by atoms with Gasteiger partial charge >= 0.3 is 18.3 Å². The minimum atomic E-state index is -4.98. The summed E-state index contributed by atoms with van der Waals surface area (Å²) >= 11 is 0. The number of anilines is 2. The molecule has 0 radical (unpaired) electrons. The monoisotopic (exact) mass is 649 g/mol. The average Bonchev–Trinajstić information content (AvgIpc) is 3.39. The maximum Gasteiger partial charge on any atom is 0.418 e. The Labute approximate surface area is 259 Å². The van der Waals surface area contributed by atoms with Crippen LogP contribution in [0.3, 0.4) is 0 Å². The Morgan fingerprint density at radius 3 is 1.85 bits per heavy atom. The van der Waals surface area contributed by atoms with E-state index in [0.29, 0.717) is 11.3 Å². The molecule has 0 aliphatic rings. The molecule has 1 atom stereocenters. The second kappa shape index (κ2) is 13.3. The second-order valence-corrected chi connectivity index (χ2v) is 10.8. The lowest BCUT2D eigenvalue weighted by Crippen LogP contribution is -2.48. The summed E-state index contributed by atoms with van der Waals surface area (Å²) in [6, 6.07) is 14.1. The molecule has 8 nitrogen and oxygen atoms in total. The zero-order valence-corrected chi connectivity index (χ0v) is 24.8. The highest BCUT2D eigenvalue weighted by atomic mass is 19.4. The quantitative estimate of drug-likeness (QED) is 0.0952. The highest BCUT2D eigenvalue weighted by Crippen LogP contribution is 2.45. The van der Waals surface area contributed by atoms with Crippen LogP contribution in [0, 0.1) is 6.92 Å². The number of aliphatic carboxylic acids is 1. The van der Waals surface area contributed by atoms with Crippen molar-refractivity contribution >= 4 is 23.6 Å². The summed E-state index contributed by atoms with van der Waals surface area (Å²) in [6.07, 6.45) is -10.3. The van der Waals surface area contributed by atoms with Gasteiger partial charge in [0.15, 0.2) is 18.3 Å². The van der Waals surface area contributed by atoms with Gasteiger partial charge in [0.1, 0.15) is 17.7 Å². The number of alkyl halides is 6. The number of para-hydroxylation sites is 2. The number of carboxylic acids is 1. The van der Waals surface area contributed by atoms with Gasteiger partial charge in [0, 0.05) is 6.54 Å². The van der Waals surface area contributed by atoms with Gasteiger partial charge in [-0.2, -0.15) is 26.3 Å². The SMILES string of the molecule is Cc1ncoc1CN(Cc1ccc(OC(C)(C)C(=O)O)cc1)C(C=O)N(c1ccccc1C(F)(F)F)c1ccccc1C(F)(F)F. The highest BCUT2D eigenvalue weighted by Gasteiger charge is 2.42. The minimum absolute atomic E-state index is 0.176. The van der Waals surface area contributed by atoms with E-state index < -0.39 is 52.6 Å². The Bertz CT molecular complexity index is 1610. The normalized spacial score (nSPS) is 13.0. The van der Waals surface area contributed by atoms with Gasteiger partial charge in [0.05, 0.1) is 34.7 Å². The molecule has 1 heterocycles. The van der Waals surface area contributed by atoms with Crippen molar-refractivity contribution in [1.29, 1.82) is 0 Å². The number of ether oxygens (including phenoxy) is 1. The molecule has 14 heteroatoms. The van der Waals surface area contributed by atoms with Crippen LogP contribution in [-0.2, 0) is 35.0 Å². The van der Waals surface area contributed by atoms with Crippen molar-refractivity contribution in [2.75, 3.05) is 4.90 Å². The van der Waals surface area contributed by atoms with E-state index in [0.717, 1.165) is 47.7 Å². The molecule has 0 spiro atoms. The fraction of sp³-hybridized carbons (Fsp3) is 0.281. The topological polar surface area (TPSA) is 96.1 Å². The molecule has 0 saturated carbocycles. The van der Waals surface area contributed by atoms with Crippen LogP contribution < -0.4 is 9.64 Å². The zero-order chi connectivity index (χ0) is 33.9. The zero-order valence-electron chi connectivity index (χ0n) is 24.8. The Kier molecular flexibility index (Phi) is 9.80. The van der Waals surface area contributed by atoms with Crippen LogP contribution in [0.15, 0.2) is 83.6 Å². The Morgan fingerprint density at radius 1 is 0.891 bits per heavy atom. The first-order chi connectivity index (χ1) is 21.5. The summed E-state index contributed by atoms with van der Waals surface area (Å²) in [5.41, 5.74) is -4.55. The molecule has 244 valence electrons. The van der Waals surface area contributed by atoms with Gasteiger partial charge in [0.25, 0.3) is 0 Å². The Balaban J connectivity index is 1.88. The third kappa shape index (κ3) is 7.68. The lowest BCUT2D eigenvalue weighted by atomic mass is 10.1. The summed E-state index contributed by atoms with van der Waals surface area (Å²) < 4.78 is 96.9. The van der Waals surface area contributed by atoms with Crippen LogP contribution in [0.4, 0.5) is 37.7 Å². The summed E-state index contributed by atoms with van der Waals surface area (Å²) in [4.78, 5) is 30.5. The highest BCUT2D eigenvalue weighted by molar-refractivity contribution is 5.78. The molecule has 4 rings (SSSR count). The first kappa shape index (κ1) is 34.0. The Morgan fingerprint density at radius 2 is 1.41 bits per heavy atom. The van der Waals surface area contributed by atoms with Crippen molar-refractivity contribution in [3.8, 4) is 5.75 Å². The molecule has 0 bridgehead atoms. The summed E-state index contributed by atoms with van der Waals surface area (Å²) in [6.45, 7) is 3.89. The fourth-order valence-electron chi connectivity index (χ4n) is 4.71. The van der Waals surface area contributed by atoms with Gasteiger partial charge < -0.3 is 19.2 Å². The molecule has 1 N–H and O–H groups in total. The van der Waals surface area contributed by atoms with E-state index in [1.807, 2.05) is 0 Å². The lowest BCUT2D eigenvalue weighted by Gasteiger charge is -2.39. The van der Waals surface area contributed by atoms with E-state index in [9.17, 15) is 41.0 Å². The third-order valence-electron chi connectivity index (χ3n) is 7.09. The maximum absolute atomic E-state index is 14.3. The number of hydrogen-bond donors (Lipinski definition) is 1. The number of carbonyl (C=O) groups is 2. The number of benzene rings is 3. The number of carboxylic acid groups (broad SMARTS) is 1. The molecule has 3 aromatic carbocycles. The first-order valence-electron chi connectivity index (χ1n) is 13.7. The van der Waals surface area contributed by atoms with Crippen LogP contribution in [0.5, 0.6) is 5.75 Å². The summed E-state index contributed by atoms with van der Waals surface area (Å²) in [7, 11) is 0. The van der Waals surface area contributed by atoms with Gasteiger partial charge in [-0.25, -0.2) is 9.78 Å². The van der Waals surface area contributed by atoms with Crippen molar-refractivity contribution in [2.24, 2.45) is 0 Å². The van der Waals surface area contributed by atoms with Gasteiger partial charge in [-0.05, 0) is 62.7 Å². The molecule has 0 fully saturated rings. The predicted octanol–water partition coefficient (Wildman–Crippen LogP) is 7.63. The number of oxazole rings is 1. The predicted molar refractivity (Wildman–Crippen MR) is 154 cm³/mol. The first-order valence-corrected chi connectivity index (χ1v) is 13.7. The second-order valence-electron chi connectivity index (χ2n) is 10.8. The van der Waals surface area contributed by atoms with Crippen LogP contribution in [0.25, 0.3) is 0 Å². The van der Waals surface area contributed by atoms with Crippen molar-refractivity contribution in [2.45, 2.75) is 58.0 Å². The molecular weight excluding hydrogens is 620 g/mol. The van der Waals surface area contributed by atoms with E-state index in [-0.39, 0.29) is 30.9 Å². The molecule has 0 aliphatic carbocycles. The summed E-state index contributed by atoms with van der Waals surface area (Å²) in [5, 5.41) is 9.36. The number of hydrogen-bond acceptors (Lipinski definition) is 7. The molecule has 0 saturated heterocycles. The molecule has 4 aromatic rings. The van der Waals surface area contributed by atoms with Gasteiger partial charge in [0.2, 0.25) is 0 Å². The van der Waals surface area contributed by atoms with Crippen molar-refractivity contribution < 1.29 is 50.2 Å². The van der Waals surface area contributed by atoms with Gasteiger partial charge in [-0.15, -0.1) is 0 Å².